The van der Waals surface area contributed by atoms with Gasteiger partial charge < -0.3 is 20.3 Å². The molecule has 1 aliphatic rings. The molecule has 0 saturated carbocycles. The minimum atomic E-state index is -4.43. The number of anilines is 3. The minimum absolute atomic E-state index is 0.235. The lowest BCUT2D eigenvalue weighted by molar-refractivity contribution is -0.137. The largest absolute Gasteiger partial charge is 0.416 e. The molecule has 2 N–H and O–H groups in total. The van der Waals surface area contributed by atoms with Crippen LogP contribution in [0.25, 0.3) is 0 Å². The summed E-state index contributed by atoms with van der Waals surface area (Å²) in [6.45, 7) is 6.22. The number of alkyl halides is 3. The van der Waals surface area contributed by atoms with Crippen LogP contribution >= 0.6 is 12.2 Å². The topological polar surface area (TPSA) is 36.5 Å². The van der Waals surface area contributed by atoms with E-state index >= 15 is 0 Å². The highest BCUT2D eigenvalue weighted by atomic mass is 32.1. The third kappa shape index (κ3) is 5.14. The van der Waals surface area contributed by atoms with Crippen LogP contribution in [-0.4, -0.2) is 31.4 Å². The maximum absolute atomic E-state index is 13.2. The van der Waals surface area contributed by atoms with Gasteiger partial charge in [0.15, 0.2) is 5.11 Å². The molecule has 1 heterocycles. The van der Waals surface area contributed by atoms with Crippen LogP contribution in [0.3, 0.4) is 0 Å². The third-order valence-corrected chi connectivity index (χ3v) is 4.61. The Balaban J connectivity index is 1.85. The van der Waals surface area contributed by atoms with Crippen LogP contribution in [-0.2, 0) is 10.9 Å². The molecule has 0 spiro atoms. The van der Waals surface area contributed by atoms with E-state index in [9.17, 15) is 13.2 Å². The smallest absolute Gasteiger partial charge is 0.378 e. The van der Waals surface area contributed by atoms with Crippen molar-refractivity contribution in [2.24, 2.45) is 0 Å². The molecule has 8 heteroatoms. The van der Waals surface area contributed by atoms with E-state index in [0.29, 0.717) is 37.7 Å². The number of aryl methyl sites for hydroxylation is 2. The molecule has 1 fully saturated rings. The number of nitrogens with one attached hydrogen (secondary N) is 2. The molecule has 0 unspecified atom stereocenters. The van der Waals surface area contributed by atoms with Crippen molar-refractivity contribution < 1.29 is 17.9 Å². The van der Waals surface area contributed by atoms with Crippen LogP contribution < -0.4 is 15.5 Å². The number of thiocarbonyl (C=S) groups is 1. The molecule has 0 atom stereocenters. The monoisotopic (exact) mass is 409 g/mol. The van der Waals surface area contributed by atoms with E-state index in [1.807, 2.05) is 36.9 Å². The van der Waals surface area contributed by atoms with Crippen molar-refractivity contribution in [3.63, 3.8) is 0 Å². The molecular formula is C20H22F3N3OS. The molecule has 0 radical (unpaired) electrons. The van der Waals surface area contributed by atoms with Crippen molar-refractivity contribution in [2.75, 3.05) is 41.8 Å². The van der Waals surface area contributed by atoms with Gasteiger partial charge in [-0.05, 0) is 67.5 Å². The summed E-state index contributed by atoms with van der Waals surface area (Å²) in [6, 6.07) is 9.56. The summed E-state index contributed by atoms with van der Waals surface area (Å²) in [6.07, 6.45) is -4.43. The van der Waals surface area contributed by atoms with E-state index in [-0.39, 0.29) is 5.11 Å². The molecule has 150 valence electrons. The van der Waals surface area contributed by atoms with Crippen molar-refractivity contribution in [1.29, 1.82) is 0 Å². The molecule has 0 aliphatic carbocycles. The quantitative estimate of drug-likeness (QED) is 0.701. The molecule has 2 aromatic carbocycles. The van der Waals surface area contributed by atoms with Gasteiger partial charge in [0.1, 0.15) is 0 Å². The lowest BCUT2D eigenvalue weighted by atomic mass is 10.1. The fourth-order valence-corrected chi connectivity index (χ4v) is 3.45. The predicted octanol–water partition coefficient (Wildman–Crippen LogP) is 4.97. The first-order chi connectivity index (χ1) is 13.2. The maximum Gasteiger partial charge on any atom is 0.416 e. The third-order valence-electron chi connectivity index (χ3n) is 4.40. The van der Waals surface area contributed by atoms with Crippen molar-refractivity contribution >= 4 is 34.4 Å². The zero-order valence-corrected chi connectivity index (χ0v) is 16.5. The van der Waals surface area contributed by atoms with E-state index in [1.165, 1.54) is 6.07 Å². The standard InChI is InChI=1S/C20H22F3N3OS/c1-13-9-14(2)11-16(10-13)24-19(28)25-17-12-15(20(21,22)23)3-4-18(17)26-5-7-27-8-6-26/h3-4,9-12H,5-8H2,1-2H3,(H2,24,25,28). The number of rotatable bonds is 3. The molecule has 2 aromatic rings. The first-order valence-electron chi connectivity index (χ1n) is 8.92. The molecule has 4 nitrogen and oxygen atoms in total. The summed E-state index contributed by atoms with van der Waals surface area (Å²) in [5.74, 6) is 0. The fourth-order valence-electron chi connectivity index (χ4n) is 3.22. The predicted molar refractivity (Wildman–Crippen MR) is 110 cm³/mol. The number of nitrogens with zero attached hydrogens (tertiary/aromatic N) is 1. The number of ether oxygens (including phenoxy) is 1. The second-order valence-electron chi connectivity index (χ2n) is 6.78. The van der Waals surface area contributed by atoms with Gasteiger partial charge in [0.05, 0.1) is 30.2 Å². The second-order valence-corrected chi connectivity index (χ2v) is 7.19. The van der Waals surface area contributed by atoms with Crippen LogP contribution in [0.4, 0.5) is 30.2 Å². The Morgan fingerprint density at radius 1 is 1.00 bits per heavy atom. The Morgan fingerprint density at radius 2 is 1.64 bits per heavy atom. The summed E-state index contributed by atoms with van der Waals surface area (Å²) in [7, 11) is 0. The van der Waals surface area contributed by atoms with Crippen molar-refractivity contribution in [3.05, 3.63) is 53.1 Å². The highest BCUT2D eigenvalue weighted by molar-refractivity contribution is 7.80. The van der Waals surface area contributed by atoms with Gasteiger partial charge in [-0.1, -0.05) is 6.07 Å². The maximum atomic E-state index is 13.2. The van der Waals surface area contributed by atoms with E-state index < -0.39 is 11.7 Å². The van der Waals surface area contributed by atoms with Crippen LogP contribution in [0.5, 0.6) is 0 Å². The SMILES string of the molecule is Cc1cc(C)cc(NC(=S)Nc2cc(C(F)(F)F)ccc2N2CCOCC2)c1. The summed E-state index contributed by atoms with van der Waals surface area (Å²) in [4.78, 5) is 1.99. The molecule has 28 heavy (non-hydrogen) atoms. The molecule has 1 saturated heterocycles. The number of morpholine rings is 1. The van der Waals surface area contributed by atoms with Gasteiger partial charge in [0.2, 0.25) is 0 Å². The van der Waals surface area contributed by atoms with Gasteiger partial charge in [0.25, 0.3) is 0 Å². The van der Waals surface area contributed by atoms with E-state index in [0.717, 1.165) is 28.9 Å². The van der Waals surface area contributed by atoms with E-state index in [4.69, 9.17) is 17.0 Å². The Morgan fingerprint density at radius 3 is 2.25 bits per heavy atom. The fraction of sp³-hybridized carbons (Fsp3) is 0.350. The number of halogens is 3. The Labute approximate surface area is 167 Å². The average Bonchev–Trinajstić information content (AvgIpc) is 2.60. The minimum Gasteiger partial charge on any atom is -0.378 e. The Bertz CT molecular complexity index is 844. The first-order valence-corrected chi connectivity index (χ1v) is 9.33. The van der Waals surface area contributed by atoms with Gasteiger partial charge in [-0.3, -0.25) is 0 Å². The van der Waals surface area contributed by atoms with Crippen molar-refractivity contribution in [1.82, 2.24) is 0 Å². The zero-order chi connectivity index (χ0) is 20.3. The summed E-state index contributed by atoms with van der Waals surface area (Å²) in [5.41, 5.74) is 3.19. The van der Waals surface area contributed by atoms with Gasteiger partial charge in [0, 0.05) is 18.8 Å². The summed E-state index contributed by atoms with van der Waals surface area (Å²) in [5, 5.41) is 6.24. The number of hydrogen-bond acceptors (Lipinski definition) is 3. The van der Waals surface area contributed by atoms with Crippen molar-refractivity contribution in [3.8, 4) is 0 Å². The first kappa shape index (κ1) is 20.4. The second kappa shape index (κ2) is 8.36. The summed E-state index contributed by atoms with van der Waals surface area (Å²) < 4.78 is 45.0. The molecule has 0 bridgehead atoms. The van der Waals surface area contributed by atoms with E-state index in [1.54, 1.807) is 0 Å². The molecule has 0 aromatic heterocycles. The van der Waals surface area contributed by atoms with Crippen LogP contribution in [0.1, 0.15) is 16.7 Å². The van der Waals surface area contributed by atoms with E-state index in [2.05, 4.69) is 10.6 Å². The van der Waals surface area contributed by atoms with Crippen LogP contribution in [0.15, 0.2) is 36.4 Å². The van der Waals surface area contributed by atoms with Crippen molar-refractivity contribution in [2.45, 2.75) is 20.0 Å². The Kier molecular flexibility index (Phi) is 6.10. The normalized spacial score (nSPS) is 14.7. The zero-order valence-electron chi connectivity index (χ0n) is 15.7. The van der Waals surface area contributed by atoms with Gasteiger partial charge in [-0.2, -0.15) is 13.2 Å². The van der Waals surface area contributed by atoms with Gasteiger partial charge >= 0.3 is 6.18 Å². The molecular weight excluding hydrogens is 387 g/mol. The Hall–Kier alpha value is -2.32. The highest BCUT2D eigenvalue weighted by Crippen LogP contribution is 2.36. The molecule has 1 aliphatic heterocycles. The number of hydrogen-bond donors (Lipinski definition) is 2. The molecule has 0 amide bonds. The van der Waals surface area contributed by atoms with Crippen LogP contribution in [0.2, 0.25) is 0 Å². The lowest BCUT2D eigenvalue weighted by Crippen LogP contribution is -2.37. The van der Waals surface area contributed by atoms with Crippen LogP contribution in [0, 0.1) is 13.8 Å². The van der Waals surface area contributed by atoms with Gasteiger partial charge in [-0.15, -0.1) is 0 Å². The average molecular weight is 409 g/mol. The lowest BCUT2D eigenvalue weighted by Gasteiger charge is -2.31. The highest BCUT2D eigenvalue weighted by Gasteiger charge is 2.31. The summed E-state index contributed by atoms with van der Waals surface area (Å²) >= 11 is 5.36. The number of benzene rings is 2. The van der Waals surface area contributed by atoms with Gasteiger partial charge in [-0.25, -0.2) is 0 Å². The molecule has 3 rings (SSSR count).